The van der Waals surface area contributed by atoms with Crippen molar-refractivity contribution < 1.29 is 14.6 Å². The third kappa shape index (κ3) is 2.47. The lowest BCUT2D eigenvalue weighted by Gasteiger charge is -2.33. The van der Waals surface area contributed by atoms with Crippen LogP contribution in [-0.4, -0.2) is 45.1 Å². The smallest absolute Gasteiger partial charge is 0.321 e. The molecule has 1 atom stereocenters. The molecule has 1 aromatic rings. The topological polar surface area (TPSA) is 75.6 Å². The molecule has 20 heavy (non-hydrogen) atoms. The highest BCUT2D eigenvalue weighted by molar-refractivity contribution is 5.74. The summed E-state index contributed by atoms with van der Waals surface area (Å²) in [6, 6.07) is -0.377. The van der Waals surface area contributed by atoms with Crippen molar-refractivity contribution in [1.82, 2.24) is 14.9 Å². The van der Waals surface area contributed by atoms with E-state index in [2.05, 4.69) is 9.97 Å². The van der Waals surface area contributed by atoms with Crippen LogP contribution in [0.25, 0.3) is 0 Å². The van der Waals surface area contributed by atoms with Crippen molar-refractivity contribution in [3.63, 3.8) is 0 Å². The first-order chi connectivity index (χ1) is 9.70. The van der Waals surface area contributed by atoms with E-state index in [1.165, 1.54) is 6.33 Å². The number of rotatable bonds is 5. The molecule has 3 rings (SSSR count). The van der Waals surface area contributed by atoms with Crippen LogP contribution < -0.4 is 4.74 Å². The Hall–Kier alpha value is -1.69. The SMILES string of the molecule is CCOc1ncnc2c1CN(C(C(=O)O)C1CC1)CC2. The molecule has 108 valence electrons. The summed E-state index contributed by atoms with van der Waals surface area (Å²) < 4.78 is 5.54. The van der Waals surface area contributed by atoms with Crippen LogP contribution in [0.5, 0.6) is 5.88 Å². The minimum atomic E-state index is -0.717. The molecule has 1 unspecified atom stereocenters. The minimum Gasteiger partial charge on any atom is -0.480 e. The second-order valence-electron chi connectivity index (χ2n) is 5.38. The molecule has 0 spiro atoms. The van der Waals surface area contributed by atoms with Gasteiger partial charge in [0.1, 0.15) is 12.4 Å². The molecule has 1 saturated carbocycles. The molecule has 6 nitrogen and oxygen atoms in total. The average molecular weight is 277 g/mol. The predicted octanol–water partition coefficient (Wildman–Crippen LogP) is 1.10. The van der Waals surface area contributed by atoms with Crippen LogP contribution in [0.1, 0.15) is 31.0 Å². The summed E-state index contributed by atoms with van der Waals surface area (Å²) in [7, 11) is 0. The van der Waals surface area contributed by atoms with Gasteiger partial charge in [-0.3, -0.25) is 9.69 Å². The van der Waals surface area contributed by atoms with Gasteiger partial charge in [-0.15, -0.1) is 0 Å². The van der Waals surface area contributed by atoms with Crippen molar-refractivity contribution in [2.24, 2.45) is 5.92 Å². The highest BCUT2D eigenvalue weighted by atomic mass is 16.5. The summed E-state index contributed by atoms with van der Waals surface area (Å²) in [4.78, 5) is 22.0. The standard InChI is InChI=1S/C14H19N3O3/c1-2-20-13-10-7-17(6-5-11(10)15-8-16-13)12(14(18)19)9-3-4-9/h8-9,12H,2-7H2,1H3,(H,18,19). The second-order valence-corrected chi connectivity index (χ2v) is 5.38. The Morgan fingerprint density at radius 1 is 1.55 bits per heavy atom. The molecule has 0 radical (unpaired) electrons. The third-order valence-electron chi connectivity index (χ3n) is 3.99. The lowest BCUT2D eigenvalue weighted by atomic mass is 10.0. The maximum absolute atomic E-state index is 11.5. The first-order valence-corrected chi connectivity index (χ1v) is 7.13. The molecule has 0 bridgehead atoms. The van der Waals surface area contributed by atoms with Crippen LogP contribution in [0.4, 0.5) is 0 Å². The number of nitrogens with zero attached hydrogens (tertiary/aromatic N) is 3. The first-order valence-electron chi connectivity index (χ1n) is 7.13. The van der Waals surface area contributed by atoms with Crippen LogP contribution in [0.3, 0.4) is 0 Å². The molecule has 1 aromatic heterocycles. The highest BCUT2D eigenvalue weighted by Gasteiger charge is 2.41. The lowest BCUT2D eigenvalue weighted by Crippen LogP contribution is -2.45. The fourth-order valence-electron chi connectivity index (χ4n) is 2.90. The van der Waals surface area contributed by atoms with Crippen molar-refractivity contribution >= 4 is 5.97 Å². The molecule has 1 N–H and O–H groups in total. The van der Waals surface area contributed by atoms with Gasteiger partial charge in [0.2, 0.25) is 5.88 Å². The molecule has 0 amide bonds. The van der Waals surface area contributed by atoms with E-state index < -0.39 is 5.97 Å². The molecule has 0 saturated heterocycles. The number of hydrogen-bond donors (Lipinski definition) is 1. The van der Waals surface area contributed by atoms with Gasteiger partial charge in [0, 0.05) is 25.1 Å². The second kappa shape index (κ2) is 5.36. The maximum atomic E-state index is 11.5. The quantitative estimate of drug-likeness (QED) is 0.868. The van der Waals surface area contributed by atoms with E-state index in [0.717, 1.165) is 37.1 Å². The summed E-state index contributed by atoms with van der Waals surface area (Å²) in [5, 5.41) is 9.45. The summed E-state index contributed by atoms with van der Waals surface area (Å²) in [5.74, 6) is 0.183. The zero-order valence-electron chi connectivity index (χ0n) is 11.6. The molecule has 1 fully saturated rings. The monoisotopic (exact) mass is 277 g/mol. The van der Waals surface area contributed by atoms with E-state index in [4.69, 9.17) is 4.74 Å². The Morgan fingerprint density at radius 2 is 2.35 bits per heavy atom. The van der Waals surface area contributed by atoms with E-state index >= 15 is 0 Å². The van der Waals surface area contributed by atoms with Gasteiger partial charge in [0.25, 0.3) is 0 Å². The molecular weight excluding hydrogens is 258 g/mol. The Morgan fingerprint density at radius 3 is 3.00 bits per heavy atom. The normalized spacial score (nSPS) is 20.2. The van der Waals surface area contributed by atoms with Gasteiger partial charge >= 0.3 is 5.97 Å². The van der Waals surface area contributed by atoms with Crippen molar-refractivity contribution in [1.29, 1.82) is 0 Å². The molecule has 1 aliphatic carbocycles. The van der Waals surface area contributed by atoms with Crippen LogP contribution in [0, 0.1) is 5.92 Å². The zero-order chi connectivity index (χ0) is 14.1. The molecular formula is C14H19N3O3. The first kappa shape index (κ1) is 13.3. The van der Waals surface area contributed by atoms with Crippen LogP contribution in [0.15, 0.2) is 6.33 Å². The number of aromatic nitrogens is 2. The number of hydrogen-bond acceptors (Lipinski definition) is 5. The fourth-order valence-corrected chi connectivity index (χ4v) is 2.90. The third-order valence-corrected chi connectivity index (χ3v) is 3.99. The van der Waals surface area contributed by atoms with Crippen LogP contribution in [0.2, 0.25) is 0 Å². The minimum absolute atomic E-state index is 0.300. The summed E-state index contributed by atoms with van der Waals surface area (Å²) in [5.41, 5.74) is 1.94. The van der Waals surface area contributed by atoms with Crippen molar-refractivity contribution in [3.8, 4) is 5.88 Å². The summed E-state index contributed by atoms with van der Waals surface area (Å²) in [6.07, 6.45) is 4.32. The van der Waals surface area contributed by atoms with Gasteiger partial charge in [-0.1, -0.05) is 0 Å². The number of ether oxygens (including phenoxy) is 1. The van der Waals surface area contributed by atoms with Crippen molar-refractivity contribution in [2.75, 3.05) is 13.2 Å². The fraction of sp³-hybridized carbons (Fsp3) is 0.643. The van der Waals surface area contributed by atoms with Crippen molar-refractivity contribution in [2.45, 2.75) is 38.8 Å². The van der Waals surface area contributed by atoms with Gasteiger partial charge < -0.3 is 9.84 Å². The van der Waals surface area contributed by atoms with Gasteiger partial charge in [0.05, 0.1) is 12.3 Å². The average Bonchev–Trinajstić information content (AvgIpc) is 3.24. The van der Waals surface area contributed by atoms with Crippen LogP contribution in [-0.2, 0) is 17.8 Å². The molecule has 6 heteroatoms. The van der Waals surface area contributed by atoms with Crippen LogP contribution >= 0.6 is 0 Å². The Kier molecular flexibility index (Phi) is 3.56. The van der Waals surface area contributed by atoms with E-state index in [1.807, 2.05) is 11.8 Å². The predicted molar refractivity (Wildman–Crippen MR) is 71.5 cm³/mol. The number of aliphatic carboxylic acids is 1. The maximum Gasteiger partial charge on any atom is 0.321 e. The molecule has 2 heterocycles. The Labute approximate surface area is 117 Å². The molecule has 0 aromatic carbocycles. The van der Waals surface area contributed by atoms with E-state index in [1.54, 1.807) is 0 Å². The van der Waals surface area contributed by atoms with Gasteiger partial charge in [-0.2, -0.15) is 0 Å². The Balaban J connectivity index is 1.84. The van der Waals surface area contributed by atoms with Gasteiger partial charge in [0.15, 0.2) is 0 Å². The number of carbonyl (C=O) groups is 1. The largest absolute Gasteiger partial charge is 0.480 e. The summed E-state index contributed by atoms with van der Waals surface area (Å²) in [6.45, 7) is 3.77. The lowest BCUT2D eigenvalue weighted by molar-refractivity contribution is -0.144. The zero-order valence-corrected chi connectivity index (χ0v) is 11.6. The Bertz CT molecular complexity index is 516. The number of carboxylic acid groups (broad SMARTS) is 1. The van der Waals surface area contributed by atoms with E-state index in [9.17, 15) is 9.90 Å². The van der Waals surface area contributed by atoms with E-state index in [0.29, 0.717) is 24.9 Å². The van der Waals surface area contributed by atoms with Gasteiger partial charge in [-0.05, 0) is 25.7 Å². The summed E-state index contributed by atoms with van der Waals surface area (Å²) >= 11 is 0. The van der Waals surface area contributed by atoms with Gasteiger partial charge in [-0.25, -0.2) is 9.97 Å². The number of fused-ring (bicyclic) bond motifs is 1. The number of carboxylic acids is 1. The molecule has 2 aliphatic rings. The van der Waals surface area contributed by atoms with Crippen molar-refractivity contribution in [3.05, 3.63) is 17.6 Å². The van der Waals surface area contributed by atoms with E-state index in [-0.39, 0.29) is 6.04 Å². The highest BCUT2D eigenvalue weighted by Crippen LogP contribution is 2.37. The molecule has 1 aliphatic heterocycles.